The molecule has 0 aromatic heterocycles. The van der Waals surface area contributed by atoms with Crippen LogP contribution in [-0.4, -0.2) is 11.1 Å². The Hall–Kier alpha value is -1.09. The summed E-state index contributed by atoms with van der Waals surface area (Å²) in [6.45, 7) is 4.17. The summed E-state index contributed by atoms with van der Waals surface area (Å²) in [6.07, 6.45) is 1.15. The minimum atomic E-state index is -0.931. The smallest absolute Gasteiger partial charge is 0.314 e. The molecule has 0 bridgehead atoms. The first kappa shape index (κ1) is 13.3. The number of hydrogen-bond acceptors (Lipinski definition) is 1. The molecule has 1 saturated carbocycles. The number of halogens is 2. The molecule has 0 spiro atoms. The molecule has 1 fully saturated rings. The third kappa shape index (κ3) is 2.01. The summed E-state index contributed by atoms with van der Waals surface area (Å²) in [6, 6.07) is 3.96. The van der Waals surface area contributed by atoms with Gasteiger partial charge in [-0.3, -0.25) is 4.79 Å². The van der Waals surface area contributed by atoms with E-state index in [1.54, 1.807) is 0 Å². The van der Waals surface area contributed by atoms with Gasteiger partial charge in [0.05, 0.1) is 5.41 Å². The normalized spacial score (nSPS) is 27.1. The molecule has 1 N–H and O–H groups in total. The number of carboxylic acid groups (broad SMARTS) is 1. The summed E-state index contributed by atoms with van der Waals surface area (Å²) < 4.78 is 13.0. The molecule has 0 radical (unpaired) electrons. The molecule has 0 saturated heterocycles. The van der Waals surface area contributed by atoms with E-state index in [0.29, 0.717) is 30.2 Å². The van der Waals surface area contributed by atoms with Crippen molar-refractivity contribution in [2.45, 2.75) is 32.1 Å². The van der Waals surface area contributed by atoms with Crippen molar-refractivity contribution < 1.29 is 14.3 Å². The minimum absolute atomic E-state index is 0.208. The highest BCUT2D eigenvalue weighted by molar-refractivity contribution is 6.31. The molecule has 98 valence electrons. The van der Waals surface area contributed by atoms with Crippen molar-refractivity contribution >= 4 is 17.6 Å². The Balaban J connectivity index is 2.36. The summed E-state index contributed by atoms with van der Waals surface area (Å²) in [5.74, 6) is -0.462. The van der Waals surface area contributed by atoms with Gasteiger partial charge >= 0.3 is 5.97 Å². The third-order valence-corrected chi connectivity index (χ3v) is 4.33. The number of hydrogen-bond donors (Lipinski definition) is 1. The maximum absolute atomic E-state index is 13.0. The molecule has 18 heavy (non-hydrogen) atoms. The van der Waals surface area contributed by atoms with E-state index in [9.17, 15) is 14.3 Å². The molecule has 0 heterocycles. The molecule has 1 aromatic rings. The Morgan fingerprint density at radius 1 is 1.50 bits per heavy atom. The number of carbonyl (C=O) groups is 1. The van der Waals surface area contributed by atoms with E-state index < -0.39 is 17.2 Å². The Labute approximate surface area is 111 Å². The Morgan fingerprint density at radius 3 is 2.56 bits per heavy atom. The van der Waals surface area contributed by atoms with Gasteiger partial charge in [0.1, 0.15) is 5.82 Å². The van der Waals surface area contributed by atoms with Crippen LogP contribution in [0.25, 0.3) is 0 Å². The van der Waals surface area contributed by atoms with Crippen LogP contribution in [0.5, 0.6) is 0 Å². The fourth-order valence-corrected chi connectivity index (χ4v) is 3.04. The van der Waals surface area contributed by atoms with E-state index in [2.05, 4.69) is 13.8 Å². The maximum Gasteiger partial charge on any atom is 0.314 e. The molecule has 2 rings (SSSR count). The standard InChI is InChI=1S/C14H16ClFO2/c1-8(2)9-6-14(7-9,13(17)18)11-4-3-10(16)5-12(11)15/h3-5,8-9H,6-7H2,1-2H3,(H,17,18). The molecule has 1 aliphatic rings. The van der Waals surface area contributed by atoms with Crippen LogP contribution in [0.15, 0.2) is 18.2 Å². The summed E-state index contributed by atoms with van der Waals surface area (Å²) >= 11 is 5.99. The summed E-state index contributed by atoms with van der Waals surface area (Å²) in [5.41, 5.74) is -0.394. The van der Waals surface area contributed by atoms with Crippen LogP contribution in [0.4, 0.5) is 4.39 Å². The van der Waals surface area contributed by atoms with Crippen LogP contribution >= 0.6 is 11.6 Å². The number of aliphatic carboxylic acids is 1. The van der Waals surface area contributed by atoms with Crippen molar-refractivity contribution in [1.29, 1.82) is 0 Å². The summed E-state index contributed by atoms with van der Waals surface area (Å²) in [4.78, 5) is 11.6. The largest absolute Gasteiger partial charge is 0.481 e. The zero-order chi connectivity index (χ0) is 13.5. The van der Waals surface area contributed by atoms with E-state index in [0.717, 1.165) is 0 Å². The second kappa shape index (κ2) is 4.54. The predicted octanol–water partition coefficient (Wildman–Crippen LogP) is 3.87. The van der Waals surface area contributed by atoms with E-state index in [1.165, 1.54) is 18.2 Å². The van der Waals surface area contributed by atoms with Gasteiger partial charge in [0.15, 0.2) is 0 Å². The molecule has 1 aromatic carbocycles. The van der Waals surface area contributed by atoms with Crippen molar-refractivity contribution in [3.63, 3.8) is 0 Å². The highest BCUT2D eigenvalue weighted by atomic mass is 35.5. The molecule has 0 aliphatic heterocycles. The van der Waals surface area contributed by atoms with Gasteiger partial charge < -0.3 is 5.11 Å². The van der Waals surface area contributed by atoms with Crippen molar-refractivity contribution in [3.05, 3.63) is 34.6 Å². The number of rotatable bonds is 3. The molecular weight excluding hydrogens is 255 g/mol. The Kier molecular flexibility index (Phi) is 3.37. The van der Waals surface area contributed by atoms with Crippen molar-refractivity contribution in [2.24, 2.45) is 11.8 Å². The topological polar surface area (TPSA) is 37.3 Å². The number of benzene rings is 1. The van der Waals surface area contributed by atoms with Gasteiger partial charge in [0.25, 0.3) is 0 Å². The average molecular weight is 271 g/mol. The maximum atomic E-state index is 13.0. The van der Waals surface area contributed by atoms with Gasteiger partial charge in [0, 0.05) is 5.02 Å². The lowest BCUT2D eigenvalue weighted by molar-refractivity contribution is -0.150. The SMILES string of the molecule is CC(C)C1CC(C(=O)O)(c2ccc(F)cc2Cl)C1. The van der Waals surface area contributed by atoms with Crippen LogP contribution in [0.2, 0.25) is 5.02 Å². The lowest BCUT2D eigenvalue weighted by Gasteiger charge is -2.47. The zero-order valence-corrected chi connectivity index (χ0v) is 11.2. The fourth-order valence-electron chi connectivity index (χ4n) is 2.69. The van der Waals surface area contributed by atoms with E-state index in [1.807, 2.05) is 0 Å². The first-order chi connectivity index (χ1) is 8.36. The van der Waals surface area contributed by atoms with Crippen LogP contribution < -0.4 is 0 Å². The molecule has 1 aliphatic carbocycles. The molecule has 0 atom stereocenters. The summed E-state index contributed by atoms with van der Waals surface area (Å²) in [5, 5.41) is 9.69. The van der Waals surface area contributed by atoms with E-state index >= 15 is 0 Å². The molecule has 0 amide bonds. The first-order valence-corrected chi connectivity index (χ1v) is 6.43. The second-order valence-electron chi connectivity index (χ2n) is 5.42. The fraction of sp³-hybridized carbons (Fsp3) is 0.500. The minimum Gasteiger partial charge on any atom is -0.481 e. The number of carboxylic acids is 1. The van der Waals surface area contributed by atoms with Crippen LogP contribution in [-0.2, 0) is 10.2 Å². The first-order valence-electron chi connectivity index (χ1n) is 6.06. The van der Waals surface area contributed by atoms with Crippen molar-refractivity contribution in [3.8, 4) is 0 Å². The van der Waals surface area contributed by atoms with Crippen molar-refractivity contribution in [2.75, 3.05) is 0 Å². The molecular formula is C14H16ClFO2. The van der Waals surface area contributed by atoms with E-state index in [-0.39, 0.29) is 5.02 Å². The van der Waals surface area contributed by atoms with Gasteiger partial charge in [0.2, 0.25) is 0 Å². The van der Waals surface area contributed by atoms with Crippen LogP contribution in [0, 0.1) is 17.7 Å². The lowest BCUT2D eigenvalue weighted by atomic mass is 9.56. The van der Waals surface area contributed by atoms with Crippen LogP contribution in [0.1, 0.15) is 32.3 Å². The Morgan fingerprint density at radius 2 is 2.11 bits per heavy atom. The van der Waals surface area contributed by atoms with Gasteiger partial charge in [-0.05, 0) is 42.4 Å². The molecule has 2 nitrogen and oxygen atoms in total. The summed E-state index contributed by atoms with van der Waals surface area (Å²) in [7, 11) is 0. The Bertz CT molecular complexity index is 479. The zero-order valence-electron chi connectivity index (χ0n) is 10.4. The van der Waals surface area contributed by atoms with Gasteiger partial charge in [-0.2, -0.15) is 0 Å². The molecule has 4 heteroatoms. The van der Waals surface area contributed by atoms with Crippen LogP contribution in [0.3, 0.4) is 0 Å². The van der Waals surface area contributed by atoms with Crippen molar-refractivity contribution in [1.82, 2.24) is 0 Å². The van der Waals surface area contributed by atoms with E-state index in [4.69, 9.17) is 11.6 Å². The quantitative estimate of drug-likeness (QED) is 0.905. The average Bonchev–Trinajstić information content (AvgIpc) is 2.18. The van der Waals surface area contributed by atoms with Gasteiger partial charge in [-0.15, -0.1) is 0 Å². The lowest BCUT2D eigenvalue weighted by Crippen LogP contribution is -2.49. The van der Waals surface area contributed by atoms with Gasteiger partial charge in [-0.1, -0.05) is 31.5 Å². The highest BCUT2D eigenvalue weighted by Crippen LogP contribution is 2.52. The molecule has 0 unspecified atom stereocenters. The highest BCUT2D eigenvalue weighted by Gasteiger charge is 2.53. The predicted molar refractivity (Wildman–Crippen MR) is 68.3 cm³/mol. The monoisotopic (exact) mass is 270 g/mol. The third-order valence-electron chi connectivity index (χ3n) is 4.02. The van der Waals surface area contributed by atoms with Gasteiger partial charge in [-0.25, -0.2) is 4.39 Å². The second-order valence-corrected chi connectivity index (χ2v) is 5.83.